The van der Waals surface area contributed by atoms with Gasteiger partial charge in [-0.2, -0.15) is 0 Å². The lowest BCUT2D eigenvalue weighted by atomic mass is 10.3. The van der Waals surface area contributed by atoms with E-state index in [0.717, 1.165) is 0 Å². The summed E-state index contributed by atoms with van der Waals surface area (Å²) in [6.45, 7) is 1.54. The third kappa shape index (κ3) is 3.17. The number of carbonyl (C=O) groups is 3. The number of amides is 2. The molecule has 2 amide bonds. The lowest BCUT2D eigenvalue weighted by molar-refractivity contribution is -0.141. The first-order valence-electron chi connectivity index (χ1n) is 6.64. The van der Waals surface area contributed by atoms with E-state index in [0.29, 0.717) is 0 Å². The second kappa shape index (κ2) is 6.68. The van der Waals surface area contributed by atoms with Crippen LogP contribution in [0.4, 0.5) is 5.82 Å². The number of nitrogens with zero attached hydrogens (tertiary/aromatic N) is 4. The Morgan fingerprint density at radius 3 is 2.65 bits per heavy atom. The molecule has 0 aliphatic heterocycles. The van der Waals surface area contributed by atoms with Gasteiger partial charge in [-0.3, -0.25) is 18.8 Å². The molecule has 0 radical (unpaired) electrons. The number of anilines is 1. The number of nitrogens with two attached hydrogens (primary N) is 1. The van der Waals surface area contributed by atoms with Crippen molar-refractivity contribution in [3.63, 3.8) is 0 Å². The van der Waals surface area contributed by atoms with Crippen molar-refractivity contribution in [2.45, 2.75) is 6.92 Å². The fraction of sp³-hybridized carbons (Fsp3) is 0.333. The smallest absolute Gasteiger partial charge is 0.325 e. The third-order valence-electron chi connectivity index (χ3n) is 2.84. The Hall–Kier alpha value is -3.24. The number of imidazole rings is 1. The molecule has 2 rings (SSSR count). The first-order valence-corrected chi connectivity index (χ1v) is 6.64. The van der Waals surface area contributed by atoms with Crippen LogP contribution in [0.2, 0.25) is 0 Å². The zero-order valence-corrected chi connectivity index (χ0v) is 12.5. The molecule has 122 valence electrons. The normalized spacial score (nSPS) is 10.3. The zero-order chi connectivity index (χ0) is 17.0. The summed E-state index contributed by atoms with van der Waals surface area (Å²) in [4.78, 5) is 38.7. The van der Waals surface area contributed by atoms with Crippen molar-refractivity contribution in [3.8, 4) is 0 Å². The van der Waals surface area contributed by atoms with Crippen molar-refractivity contribution in [1.29, 1.82) is 0 Å². The molecule has 11 nitrogen and oxygen atoms in total. The van der Waals surface area contributed by atoms with E-state index < -0.39 is 17.8 Å². The SMILES string of the molecule is CCOC(=O)CNC(=O)c1nnc2c(C(=O)NC)ncn2c1N. The number of fused-ring (bicyclic) bond motifs is 1. The molecule has 0 bridgehead atoms. The fourth-order valence-electron chi connectivity index (χ4n) is 1.76. The first kappa shape index (κ1) is 16.1. The Labute approximate surface area is 130 Å². The molecule has 0 atom stereocenters. The maximum Gasteiger partial charge on any atom is 0.325 e. The minimum atomic E-state index is -0.694. The highest BCUT2D eigenvalue weighted by Gasteiger charge is 2.20. The van der Waals surface area contributed by atoms with Crippen molar-refractivity contribution < 1.29 is 19.1 Å². The summed E-state index contributed by atoms with van der Waals surface area (Å²) < 4.78 is 5.95. The largest absolute Gasteiger partial charge is 0.465 e. The Bertz CT molecular complexity index is 770. The van der Waals surface area contributed by atoms with Crippen LogP contribution in [0.5, 0.6) is 0 Å². The molecule has 0 unspecified atom stereocenters. The van der Waals surface area contributed by atoms with Crippen LogP contribution < -0.4 is 16.4 Å². The van der Waals surface area contributed by atoms with Crippen LogP contribution in [0.3, 0.4) is 0 Å². The maximum absolute atomic E-state index is 12.0. The number of hydrogen-bond acceptors (Lipinski definition) is 8. The van der Waals surface area contributed by atoms with Gasteiger partial charge in [0.1, 0.15) is 18.7 Å². The molecule has 11 heteroatoms. The van der Waals surface area contributed by atoms with Gasteiger partial charge >= 0.3 is 5.97 Å². The highest BCUT2D eigenvalue weighted by atomic mass is 16.5. The molecular formula is C12H15N7O4. The molecule has 2 aromatic rings. The van der Waals surface area contributed by atoms with Gasteiger partial charge in [0.15, 0.2) is 17.0 Å². The lowest BCUT2D eigenvalue weighted by Crippen LogP contribution is -2.32. The summed E-state index contributed by atoms with van der Waals surface area (Å²) in [5.41, 5.74) is 5.81. The molecule has 2 heterocycles. The van der Waals surface area contributed by atoms with Gasteiger partial charge in [-0.1, -0.05) is 0 Å². The van der Waals surface area contributed by atoms with Gasteiger partial charge in [0.25, 0.3) is 11.8 Å². The van der Waals surface area contributed by atoms with Crippen LogP contribution in [-0.4, -0.2) is 57.6 Å². The number of esters is 1. The monoisotopic (exact) mass is 321 g/mol. The minimum Gasteiger partial charge on any atom is -0.465 e. The molecule has 0 aliphatic rings. The van der Waals surface area contributed by atoms with Gasteiger partial charge in [-0.25, -0.2) is 4.98 Å². The second-order valence-electron chi connectivity index (χ2n) is 4.29. The Balaban J connectivity index is 2.26. The summed E-state index contributed by atoms with van der Waals surface area (Å²) in [6, 6.07) is 0. The van der Waals surface area contributed by atoms with E-state index in [-0.39, 0.29) is 36.0 Å². The Morgan fingerprint density at radius 2 is 2.00 bits per heavy atom. The number of nitrogens with one attached hydrogen (secondary N) is 2. The van der Waals surface area contributed by atoms with Crippen LogP contribution in [0.25, 0.3) is 5.65 Å². The van der Waals surface area contributed by atoms with Crippen molar-refractivity contribution in [3.05, 3.63) is 17.7 Å². The fourth-order valence-corrected chi connectivity index (χ4v) is 1.76. The van der Waals surface area contributed by atoms with Crippen molar-refractivity contribution in [2.75, 3.05) is 25.9 Å². The van der Waals surface area contributed by atoms with Gasteiger partial charge < -0.3 is 21.1 Å². The molecule has 0 fully saturated rings. The van der Waals surface area contributed by atoms with E-state index in [1.54, 1.807) is 6.92 Å². The average molecular weight is 321 g/mol. The summed E-state index contributed by atoms with van der Waals surface area (Å²) in [7, 11) is 1.45. The molecular weight excluding hydrogens is 306 g/mol. The standard InChI is InChI=1S/C12H15N7O4/c1-3-23-6(20)4-15-12(22)7-9(13)19-5-16-8(11(21)14-2)10(19)18-17-7/h5H,3-4,13H2,1-2H3,(H,14,21)(H,15,22). The molecule has 0 saturated carbocycles. The molecule has 4 N–H and O–H groups in total. The van der Waals surface area contributed by atoms with E-state index in [2.05, 4.69) is 25.8 Å². The first-order chi connectivity index (χ1) is 11.0. The van der Waals surface area contributed by atoms with Gasteiger partial charge in [-0.05, 0) is 6.92 Å². The predicted molar refractivity (Wildman–Crippen MR) is 77.6 cm³/mol. The summed E-state index contributed by atoms with van der Waals surface area (Å²) in [6.07, 6.45) is 1.26. The molecule has 0 aliphatic carbocycles. The topological polar surface area (TPSA) is 154 Å². The van der Waals surface area contributed by atoms with Crippen LogP contribution in [-0.2, 0) is 9.53 Å². The van der Waals surface area contributed by atoms with E-state index >= 15 is 0 Å². The van der Waals surface area contributed by atoms with E-state index in [1.165, 1.54) is 17.8 Å². The van der Waals surface area contributed by atoms with Gasteiger partial charge in [0.05, 0.1) is 6.61 Å². The number of carbonyl (C=O) groups excluding carboxylic acids is 3. The minimum absolute atomic E-state index is 0.0326. The van der Waals surface area contributed by atoms with Crippen LogP contribution in [0.1, 0.15) is 27.9 Å². The van der Waals surface area contributed by atoms with Crippen LogP contribution in [0, 0.1) is 0 Å². The highest BCUT2D eigenvalue weighted by molar-refractivity contribution is 6.00. The molecule has 23 heavy (non-hydrogen) atoms. The number of nitrogen functional groups attached to an aromatic ring is 1. The Kier molecular flexibility index (Phi) is 4.69. The van der Waals surface area contributed by atoms with Gasteiger partial charge in [0.2, 0.25) is 0 Å². The van der Waals surface area contributed by atoms with Crippen molar-refractivity contribution >= 4 is 29.2 Å². The number of rotatable bonds is 5. The summed E-state index contributed by atoms with van der Waals surface area (Å²) >= 11 is 0. The van der Waals surface area contributed by atoms with Crippen LogP contribution in [0.15, 0.2) is 6.33 Å². The quantitative estimate of drug-likeness (QED) is 0.554. The second-order valence-corrected chi connectivity index (χ2v) is 4.29. The van der Waals surface area contributed by atoms with Crippen LogP contribution >= 0.6 is 0 Å². The van der Waals surface area contributed by atoms with Crippen molar-refractivity contribution in [1.82, 2.24) is 30.2 Å². The molecule has 0 spiro atoms. The van der Waals surface area contributed by atoms with E-state index in [9.17, 15) is 14.4 Å². The predicted octanol–water partition coefficient (Wildman–Crippen LogP) is -1.64. The van der Waals surface area contributed by atoms with E-state index in [1.807, 2.05) is 0 Å². The maximum atomic E-state index is 12.0. The zero-order valence-electron chi connectivity index (χ0n) is 12.5. The average Bonchev–Trinajstić information content (AvgIpc) is 2.97. The lowest BCUT2D eigenvalue weighted by Gasteiger charge is -2.07. The number of ether oxygens (including phenoxy) is 1. The molecule has 0 aromatic carbocycles. The number of aromatic nitrogens is 4. The summed E-state index contributed by atoms with van der Waals surface area (Å²) in [5.74, 6) is -1.79. The Morgan fingerprint density at radius 1 is 1.26 bits per heavy atom. The molecule has 2 aromatic heterocycles. The van der Waals surface area contributed by atoms with Gasteiger partial charge in [-0.15, -0.1) is 10.2 Å². The van der Waals surface area contributed by atoms with Gasteiger partial charge in [0, 0.05) is 7.05 Å². The highest BCUT2D eigenvalue weighted by Crippen LogP contribution is 2.13. The number of hydrogen-bond donors (Lipinski definition) is 3. The molecule has 0 saturated heterocycles. The summed E-state index contributed by atoms with van der Waals surface area (Å²) in [5, 5.41) is 12.2. The third-order valence-corrected chi connectivity index (χ3v) is 2.84. The van der Waals surface area contributed by atoms with E-state index in [4.69, 9.17) is 10.5 Å². The van der Waals surface area contributed by atoms with Crippen molar-refractivity contribution in [2.24, 2.45) is 0 Å².